The third-order valence-electron chi connectivity index (χ3n) is 2.45. The number of nitrogens with one attached hydrogen (secondary N) is 1. The first-order valence-electron chi connectivity index (χ1n) is 5.48. The fraction of sp³-hybridized carbons (Fsp3) is 0.500. The van der Waals surface area contributed by atoms with E-state index in [4.69, 9.17) is 0 Å². The van der Waals surface area contributed by atoms with Gasteiger partial charge in [-0.25, -0.2) is 0 Å². The smallest absolute Gasteiger partial charge is 0.312 e. The lowest BCUT2D eigenvalue weighted by Gasteiger charge is -2.21. The van der Waals surface area contributed by atoms with Crippen LogP contribution in [0.3, 0.4) is 0 Å². The molecule has 0 aliphatic carbocycles. The van der Waals surface area contributed by atoms with Gasteiger partial charge in [0.1, 0.15) is 0 Å². The first-order valence-corrected chi connectivity index (χ1v) is 5.48. The van der Waals surface area contributed by atoms with Crippen LogP contribution in [0.4, 0.5) is 13.2 Å². The van der Waals surface area contributed by atoms with Gasteiger partial charge in [-0.1, -0.05) is 26.0 Å². The van der Waals surface area contributed by atoms with Crippen molar-refractivity contribution in [2.45, 2.75) is 33.0 Å². The van der Waals surface area contributed by atoms with Crippen molar-refractivity contribution in [2.75, 3.05) is 6.54 Å². The van der Waals surface area contributed by atoms with E-state index in [1.807, 2.05) is 13.8 Å². The first kappa shape index (κ1) is 13.0. The second-order valence-electron chi connectivity index (χ2n) is 3.37. The topological polar surface area (TPSA) is 12.0 Å². The maximum atomic E-state index is 12.6. The molecule has 0 fully saturated rings. The van der Waals surface area contributed by atoms with E-state index in [2.05, 4.69) is 5.32 Å². The summed E-state index contributed by atoms with van der Waals surface area (Å²) >= 11 is 0. The molecular formula is C12H16F3N. The van der Waals surface area contributed by atoms with Crippen molar-refractivity contribution < 1.29 is 13.2 Å². The molecule has 1 aliphatic rings. The van der Waals surface area contributed by atoms with E-state index in [1.165, 1.54) is 6.07 Å². The molecule has 1 nitrogen and oxygen atoms in total. The van der Waals surface area contributed by atoms with E-state index in [0.29, 0.717) is 25.1 Å². The maximum Gasteiger partial charge on any atom is 0.416 e. The second-order valence-corrected chi connectivity index (χ2v) is 3.37. The number of fused-ring (bicyclic) bond motifs is 1. The highest BCUT2D eigenvalue weighted by Crippen LogP contribution is 2.34. The monoisotopic (exact) mass is 231 g/mol. The normalized spacial score (nSPS) is 14.8. The van der Waals surface area contributed by atoms with Crippen molar-refractivity contribution in [1.82, 2.24) is 5.32 Å². The molecule has 90 valence electrons. The Balaban J connectivity index is 0.000000606. The number of alkyl halides is 3. The molecule has 1 aromatic rings. The molecule has 0 bridgehead atoms. The van der Waals surface area contributed by atoms with Gasteiger partial charge in [0.25, 0.3) is 0 Å². The number of benzene rings is 1. The van der Waals surface area contributed by atoms with Gasteiger partial charge in [0.2, 0.25) is 0 Å². The fourth-order valence-electron chi connectivity index (χ4n) is 1.80. The van der Waals surface area contributed by atoms with Crippen molar-refractivity contribution in [3.05, 3.63) is 34.9 Å². The van der Waals surface area contributed by atoms with Gasteiger partial charge in [0.05, 0.1) is 5.56 Å². The standard InChI is InChI=1S/C10H10F3N.C2H6/c11-10(12,13)9-3-1-2-7-6-14-5-4-8(7)9;1-2/h1-3,14H,4-6H2;1-2H3. The Labute approximate surface area is 93.7 Å². The van der Waals surface area contributed by atoms with Crippen molar-refractivity contribution in [3.63, 3.8) is 0 Å². The summed E-state index contributed by atoms with van der Waals surface area (Å²) in [6.07, 6.45) is -3.76. The van der Waals surface area contributed by atoms with Crippen LogP contribution in [0.1, 0.15) is 30.5 Å². The molecule has 0 saturated carbocycles. The zero-order chi connectivity index (χ0) is 12.2. The van der Waals surface area contributed by atoms with Crippen LogP contribution in [0.2, 0.25) is 0 Å². The molecule has 1 N–H and O–H groups in total. The molecule has 0 unspecified atom stereocenters. The summed E-state index contributed by atoms with van der Waals surface area (Å²) in [6, 6.07) is 4.37. The van der Waals surface area contributed by atoms with Gasteiger partial charge < -0.3 is 5.32 Å². The fourth-order valence-corrected chi connectivity index (χ4v) is 1.80. The van der Waals surface area contributed by atoms with Crippen LogP contribution in [0.5, 0.6) is 0 Å². The van der Waals surface area contributed by atoms with E-state index >= 15 is 0 Å². The van der Waals surface area contributed by atoms with Crippen molar-refractivity contribution >= 4 is 0 Å². The van der Waals surface area contributed by atoms with Crippen molar-refractivity contribution in [2.24, 2.45) is 0 Å². The lowest BCUT2D eigenvalue weighted by molar-refractivity contribution is -0.138. The molecule has 1 aromatic carbocycles. The summed E-state index contributed by atoms with van der Waals surface area (Å²) in [5.41, 5.74) is 0.751. The Morgan fingerprint density at radius 1 is 1.19 bits per heavy atom. The predicted octanol–water partition coefficient (Wildman–Crippen LogP) is 3.38. The van der Waals surface area contributed by atoms with Crippen LogP contribution >= 0.6 is 0 Å². The minimum Gasteiger partial charge on any atom is -0.312 e. The molecule has 0 amide bonds. The Morgan fingerprint density at radius 3 is 2.50 bits per heavy atom. The van der Waals surface area contributed by atoms with Gasteiger partial charge in [-0.3, -0.25) is 0 Å². The highest BCUT2D eigenvalue weighted by Gasteiger charge is 2.34. The summed E-state index contributed by atoms with van der Waals surface area (Å²) in [6.45, 7) is 5.17. The first-order chi connectivity index (χ1) is 7.59. The molecule has 4 heteroatoms. The second kappa shape index (κ2) is 5.34. The van der Waals surface area contributed by atoms with Crippen molar-refractivity contribution in [1.29, 1.82) is 0 Å². The quantitative estimate of drug-likeness (QED) is 0.721. The summed E-state index contributed by atoms with van der Waals surface area (Å²) in [5, 5.41) is 3.05. The third-order valence-corrected chi connectivity index (χ3v) is 2.45. The number of rotatable bonds is 0. The lowest BCUT2D eigenvalue weighted by Crippen LogP contribution is -2.26. The van der Waals surface area contributed by atoms with E-state index in [0.717, 1.165) is 11.6 Å². The molecular weight excluding hydrogens is 215 g/mol. The molecule has 1 heterocycles. The van der Waals surface area contributed by atoms with E-state index in [-0.39, 0.29) is 0 Å². The van der Waals surface area contributed by atoms with Crippen molar-refractivity contribution in [3.8, 4) is 0 Å². The average molecular weight is 231 g/mol. The zero-order valence-electron chi connectivity index (χ0n) is 9.49. The summed E-state index contributed by atoms with van der Waals surface area (Å²) in [7, 11) is 0. The minimum atomic E-state index is -4.22. The zero-order valence-corrected chi connectivity index (χ0v) is 9.49. The highest BCUT2D eigenvalue weighted by atomic mass is 19.4. The van der Waals surface area contributed by atoms with Gasteiger partial charge in [-0.05, 0) is 30.2 Å². The molecule has 0 aromatic heterocycles. The molecule has 16 heavy (non-hydrogen) atoms. The third kappa shape index (κ3) is 2.76. The number of hydrogen-bond acceptors (Lipinski definition) is 1. The summed E-state index contributed by atoms with van der Waals surface area (Å²) < 4.78 is 37.7. The van der Waals surface area contributed by atoms with Gasteiger partial charge in [-0.2, -0.15) is 13.2 Å². The van der Waals surface area contributed by atoms with Crippen LogP contribution < -0.4 is 5.32 Å². The molecule has 0 spiro atoms. The van der Waals surface area contributed by atoms with Crippen LogP contribution in [0, 0.1) is 0 Å². The Hall–Kier alpha value is -1.03. The van der Waals surface area contributed by atoms with Gasteiger partial charge in [0, 0.05) is 6.54 Å². The summed E-state index contributed by atoms with van der Waals surface area (Å²) in [5.74, 6) is 0. The lowest BCUT2D eigenvalue weighted by atomic mass is 9.95. The van der Waals surface area contributed by atoms with E-state index in [1.54, 1.807) is 6.07 Å². The van der Waals surface area contributed by atoms with Crippen LogP contribution in [0.15, 0.2) is 18.2 Å². The maximum absolute atomic E-state index is 12.6. The molecule has 0 atom stereocenters. The SMILES string of the molecule is CC.FC(F)(F)c1cccc2c1CCNC2. The van der Waals surface area contributed by atoms with Gasteiger partial charge in [-0.15, -0.1) is 0 Å². The largest absolute Gasteiger partial charge is 0.416 e. The Kier molecular flexibility index (Phi) is 4.35. The predicted molar refractivity (Wildman–Crippen MR) is 58.2 cm³/mol. The Bertz CT molecular complexity index is 345. The van der Waals surface area contributed by atoms with Gasteiger partial charge in [0.15, 0.2) is 0 Å². The minimum absolute atomic E-state index is 0.457. The number of halogens is 3. The van der Waals surface area contributed by atoms with E-state index < -0.39 is 11.7 Å². The Morgan fingerprint density at radius 2 is 1.88 bits per heavy atom. The van der Waals surface area contributed by atoms with Gasteiger partial charge >= 0.3 is 6.18 Å². The highest BCUT2D eigenvalue weighted by molar-refractivity contribution is 5.38. The molecule has 1 aliphatic heterocycles. The molecule has 0 saturated heterocycles. The van der Waals surface area contributed by atoms with Crippen LogP contribution in [-0.2, 0) is 19.1 Å². The number of hydrogen-bond donors (Lipinski definition) is 1. The molecule has 0 radical (unpaired) electrons. The van der Waals surface area contributed by atoms with E-state index in [9.17, 15) is 13.2 Å². The van der Waals surface area contributed by atoms with Crippen LogP contribution in [0.25, 0.3) is 0 Å². The summed E-state index contributed by atoms with van der Waals surface area (Å²) in [4.78, 5) is 0. The molecule has 2 rings (SSSR count). The van der Waals surface area contributed by atoms with Crippen LogP contribution in [-0.4, -0.2) is 6.54 Å². The average Bonchev–Trinajstić information content (AvgIpc) is 2.30.